The molecule has 1 rings (SSSR count). The number of carbonyl (C=O) groups excluding carboxylic acids is 6. The first-order valence-corrected chi connectivity index (χ1v) is 14.5. The lowest BCUT2D eigenvalue weighted by Gasteiger charge is -2.29. The van der Waals surface area contributed by atoms with Gasteiger partial charge in [-0.25, -0.2) is 0 Å². The van der Waals surface area contributed by atoms with E-state index in [1.54, 1.807) is 4.90 Å². The molecule has 0 aromatic carbocycles. The Kier molecular flexibility index (Phi) is 15.7. The quantitative estimate of drug-likeness (QED) is 0.0979. The van der Waals surface area contributed by atoms with Gasteiger partial charge in [-0.2, -0.15) is 0 Å². The summed E-state index contributed by atoms with van der Waals surface area (Å²) in [5.41, 5.74) is 9.96. The maximum atomic E-state index is 13.4. The molecule has 7 N–H and O–H groups in total. The molecular formula is C28H50N6O7. The van der Waals surface area contributed by atoms with Crippen molar-refractivity contribution in [3.63, 3.8) is 0 Å². The van der Waals surface area contributed by atoms with E-state index in [9.17, 15) is 28.8 Å². The number of ether oxygens (including phenoxy) is 1. The predicted molar refractivity (Wildman–Crippen MR) is 153 cm³/mol. The van der Waals surface area contributed by atoms with E-state index >= 15 is 0 Å². The minimum atomic E-state index is -1.07. The van der Waals surface area contributed by atoms with Crippen LogP contribution in [0.15, 0.2) is 0 Å². The fourth-order valence-electron chi connectivity index (χ4n) is 4.57. The Bertz CT molecular complexity index is 920. The van der Waals surface area contributed by atoms with Gasteiger partial charge in [-0.3, -0.25) is 33.7 Å². The first-order chi connectivity index (χ1) is 19.2. The van der Waals surface area contributed by atoms with E-state index in [2.05, 4.69) is 16.0 Å². The average molecular weight is 583 g/mol. The summed E-state index contributed by atoms with van der Waals surface area (Å²) in [5.74, 6) is -2.36. The van der Waals surface area contributed by atoms with Gasteiger partial charge < -0.3 is 32.2 Å². The largest absolute Gasteiger partial charge is 0.460 e. The van der Waals surface area contributed by atoms with E-state index in [1.807, 2.05) is 34.6 Å². The molecule has 0 unspecified atom stereocenters. The van der Waals surface area contributed by atoms with Crippen LogP contribution in [0.1, 0.15) is 79.6 Å². The topological polar surface area (TPSA) is 203 Å². The van der Waals surface area contributed by atoms with Gasteiger partial charge in [0.2, 0.25) is 17.7 Å². The Labute approximate surface area is 243 Å². The van der Waals surface area contributed by atoms with Gasteiger partial charge in [0.25, 0.3) is 0 Å². The first-order valence-electron chi connectivity index (χ1n) is 14.5. The van der Waals surface area contributed by atoms with Crippen LogP contribution >= 0.6 is 0 Å². The molecule has 41 heavy (non-hydrogen) atoms. The number of ketones is 2. The molecule has 0 aromatic rings. The number of nitrogens with two attached hydrogens (primary N) is 2. The van der Waals surface area contributed by atoms with Crippen molar-refractivity contribution >= 4 is 35.3 Å². The molecule has 13 nitrogen and oxygen atoms in total. The summed E-state index contributed by atoms with van der Waals surface area (Å²) in [4.78, 5) is 75.9. The minimum absolute atomic E-state index is 0.0291. The second-order valence-electron chi connectivity index (χ2n) is 11.6. The third-order valence-electron chi connectivity index (χ3n) is 6.93. The molecule has 1 heterocycles. The number of amides is 3. The van der Waals surface area contributed by atoms with Crippen molar-refractivity contribution < 1.29 is 33.5 Å². The number of likely N-dealkylation sites (tertiary alicyclic amines) is 1. The van der Waals surface area contributed by atoms with E-state index < -0.39 is 41.4 Å². The highest BCUT2D eigenvalue weighted by molar-refractivity contribution is 5.93. The SMILES string of the molecule is CC[C@H](C)[C@H](NCCCC(=O)OC(C)(C)C)C(=O)CN1CCC[C@H]1C(=O)N[C@@H](CCC(N)=O)C(=O)NCC(=O)CN. The number of nitrogens with one attached hydrogen (secondary N) is 3. The molecule has 4 atom stereocenters. The van der Waals surface area contributed by atoms with Gasteiger partial charge in [-0.1, -0.05) is 20.3 Å². The van der Waals surface area contributed by atoms with E-state index in [4.69, 9.17) is 16.2 Å². The lowest BCUT2D eigenvalue weighted by atomic mass is 9.94. The Morgan fingerprint density at radius 1 is 1.10 bits per heavy atom. The van der Waals surface area contributed by atoms with E-state index in [1.165, 1.54) is 0 Å². The van der Waals surface area contributed by atoms with Crippen LogP contribution in [-0.2, 0) is 33.5 Å². The zero-order chi connectivity index (χ0) is 31.2. The molecule has 13 heteroatoms. The molecule has 3 amide bonds. The highest BCUT2D eigenvalue weighted by atomic mass is 16.6. The zero-order valence-corrected chi connectivity index (χ0v) is 25.3. The highest BCUT2D eigenvalue weighted by Crippen LogP contribution is 2.19. The number of nitrogens with zero attached hydrogens (tertiary/aromatic N) is 1. The van der Waals surface area contributed by atoms with Crippen LogP contribution in [0, 0.1) is 5.92 Å². The molecule has 1 saturated heterocycles. The van der Waals surface area contributed by atoms with Gasteiger partial charge >= 0.3 is 5.97 Å². The molecule has 0 spiro atoms. The summed E-state index contributed by atoms with van der Waals surface area (Å²) in [6.45, 7) is 9.95. The van der Waals surface area contributed by atoms with E-state index in [0.717, 1.165) is 6.42 Å². The second kappa shape index (κ2) is 17.8. The van der Waals surface area contributed by atoms with Gasteiger partial charge in [-0.15, -0.1) is 0 Å². The normalized spacial score (nSPS) is 17.8. The lowest BCUT2D eigenvalue weighted by Crippen LogP contribution is -2.54. The highest BCUT2D eigenvalue weighted by Gasteiger charge is 2.36. The standard InChI is InChI=1S/C28H50N6O7/c1-6-18(2)25(31-13-7-10-24(38)41-28(3,4)5)22(36)17-34-14-8-9-21(34)27(40)33-20(11-12-23(30)37)26(39)32-16-19(35)15-29/h18,20-21,25,31H,6-17,29H2,1-5H3,(H2,30,37)(H,32,39)(H,33,40)/t18-,20-,21-,25-/m0/s1. The van der Waals surface area contributed by atoms with Crippen LogP contribution in [0.25, 0.3) is 0 Å². The van der Waals surface area contributed by atoms with Crippen LogP contribution in [0.3, 0.4) is 0 Å². The number of carbonyl (C=O) groups is 6. The van der Waals surface area contributed by atoms with Gasteiger partial charge in [0.1, 0.15) is 11.6 Å². The maximum absolute atomic E-state index is 13.4. The Morgan fingerprint density at radius 3 is 2.37 bits per heavy atom. The smallest absolute Gasteiger partial charge is 0.306 e. The molecule has 0 saturated carbocycles. The fourth-order valence-corrected chi connectivity index (χ4v) is 4.57. The number of rotatable bonds is 19. The lowest BCUT2D eigenvalue weighted by molar-refractivity contribution is -0.154. The molecule has 0 aliphatic carbocycles. The van der Waals surface area contributed by atoms with E-state index in [-0.39, 0.29) is 62.4 Å². The summed E-state index contributed by atoms with van der Waals surface area (Å²) >= 11 is 0. The van der Waals surface area contributed by atoms with Crippen molar-refractivity contribution in [1.29, 1.82) is 0 Å². The number of hydrogen-bond acceptors (Lipinski definition) is 10. The number of esters is 1. The Morgan fingerprint density at radius 2 is 1.78 bits per heavy atom. The summed E-state index contributed by atoms with van der Waals surface area (Å²) in [7, 11) is 0. The number of hydrogen-bond donors (Lipinski definition) is 5. The summed E-state index contributed by atoms with van der Waals surface area (Å²) in [6.07, 6.45) is 2.58. The third kappa shape index (κ3) is 14.0. The van der Waals surface area contributed by atoms with Crippen molar-refractivity contribution in [3.8, 4) is 0 Å². The van der Waals surface area contributed by atoms with E-state index in [0.29, 0.717) is 32.4 Å². The zero-order valence-electron chi connectivity index (χ0n) is 25.3. The molecule has 0 radical (unpaired) electrons. The fraction of sp³-hybridized carbons (Fsp3) is 0.786. The number of Topliss-reactive ketones (excluding diaryl/α,β-unsaturated/α-hetero) is 2. The van der Waals surface area contributed by atoms with Crippen LogP contribution in [0.2, 0.25) is 0 Å². The van der Waals surface area contributed by atoms with Gasteiger partial charge in [0, 0.05) is 12.8 Å². The van der Waals surface area contributed by atoms with Crippen LogP contribution in [0.4, 0.5) is 0 Å². The van der Waals surface area contributed by atoms with Crippen LogP contribution in [0.5, 0.6) is 0 Å². The van der Waals surface area contributed by atoms with Crippen molar-refractivity contribution in [1.82, 2.24) is 20.9 Å². The van der Waals surface area contributed by atoms with Crippen LogP contribution < -0.4 is 27.4 Å². The second-order valence-corrected chi connectivity index (χ2v) is 11.6. The van der Waals surface area contributed by atoms with Crippen molar-refractivity contribution in [3.05, 3.63) is 0 Å². The third-order valence-corrected chi connectivity index (χ3v) is 6.93. The van der Waals surface area contributed by atoms with Gasteiger partial charge in [0.15, 0.2) is 11.6 Å². The molecule has 0 bridgehead atoms. The van der Waals surface area contributed by atoms with Crippen molar-refractivity contribution in [2.75, 3.05) is 32.7 Å². The van der Waals surface area contributed by atoms with Gasteiger partial charge in [-0.05, 0) is 65.5 Å². The summed E-state index contributed by atoms with van der Waals surface area (Å²) in [5, 5.41) is 8.40. The molecule has 234 valence electrons. The maximum Gasteiger partial charge on any atom is 0.306 e. The van der Waals surface area contributed by atoms with Crippen LogP contribution in [-0.4, -0.2) is 96.6 Å². The first kappa shape index (κ1) is 36.1. The predicted octanol–water partition coefficient (Wildman–Crippen LogP) is -0.460. The summed E-state index contributed by atoms with van der Waals surface area (Å²) < 4.78 is 5.34. The monoisotopic (exact) mass is 582 g/mol. The Hall–Kier alpha value is -2.90. The van der Waals surface area contributed by atoms with Crippen molar-refractivity contribution in [2.45, 2.75) is 103 Å². The Balaban J connectivity index is 2.80. The summed E-state index contributed by atoms with van der Waals surface area (Å²) in [6, 6.07) is -2.14. The van der Waals surface area contributed by atoms with Crippen molar-refractivity contribution in [2.24, 2.45) is 17.4 Å². The molecular weight excluding hydrogens is 532 g/mol. The molecule has 0 aromatic heterocycles. The van der Waals surface area contributed by atoms with Gasteiger partial charge in [0.05, 0.1) is 31.7 Å². The average Bonchev–Trinajstić information content (AvgIpc) is 3.35. The molecule has 1 fully saturated rings. The number of primary amides is 1. The molecule has 1 aliphatic rings. The minimum Gasteiger partial charge on any atom is -0.460 e. The molecule has 1 aliphatic heterocycles.